The van der Waals surface area contributed by atoms with Crippen LogP contribution in [0.3, 0.4) is 0 Å². The number of aliphatic carboxylic acids is 1. The molecule has 0 aliphatic carbocycles. The molecule has 1 aliphatic rings. The summed E-state index contributed by atoms with van der Waals surface area (Å²) in [4.78, 5) is 34.9. The third kappa shape index (κ3) is 5.53. The molecular formula is C13H19F3N2O4. The topological polar surface area (TPSA) is 86.7 Å². The minimum Gasteiger partial charge on any atom is -0.481 e. The highest BCUT2D eigenvalue weighted by atomic mass is 19.4. The second-order valence-corrected chi connectivity index (χ2v) is 5.36. The van der Waals surface area contributed by atoms with Crippen molar-refractivity contribution in [3.63, 3.8) is 0 Å². The van der Waals surface area contributed by atoms with Crippen molar-refractivity contribution in [1.29, 1.82) is 0 Å². The Kier molecular flexibility index (Phi) is 6.19. The van der Waals surface area contributed by atoms with Gasteiger partial charge in [0, 0.05) is 19.5 Å². The SMILES string of the molecule is CCCC(CNC(=O)C1CC(=O)N(CC(F)(F)F)C1)C(=O)O. The molecule has 0 spiro atoms. The number of nitrogens with one attached hydrogen (secondary N) is 1. The summed E-state index contributed by atoms with van der Waals surface area (Å²) in [6.45, 7) is 0.0489. The smallest absolute Gasteiger partial charge is 0.406 e. The molecule has 0 radical (unpaired) electrons. The highest BCUT2D eigenvalue weighted by Gasteiger charge is 2.40. The zero-order valence-electron chi connectivity index (χ0n) is 12.2. The summed E-state index contributed by atoms with van der Waals surface area (Å²) < 4.78 is 36.8. The van der Waals surface area contributed by atoms with Gasteiger partial charge in [-0.15, -0.1) is 0 Å². The van der Waals surface area contributed by atoms with E-state index >= 15 is 0 Å². The van der Waals surface area contributed by atoms with Gasteiger partial charge in [-0.1, -0.05) is 13.3 Å². The fraction of sp³-hybridized carbons (Fsp3) is 0.769. The van der Waals surface area contributed by atoms with E-state index in [0.29, 0.717) is 17.7 Å². The maximum Gasteiger partial charge on any atom is 0.406 e. The van der Waals surface area contributed by atoms with E-state index in [1.165, 1.54) is 0 Å². The van der Waals surface area contributed by atoms with Gasteiger partial charge in [-0.2, -0.15) is 13.2 Å². The second-order valence-electron chi connectivity index (χ2n) is 5.36. The largest absolute Gasteiger partial charge is 0.481 e. The normalized spacial score (nSPS) is 20.1. The minimum absolute atomic E-state index is 0.0913. The van der Waals surface area contributed by atoms with Crippen molar-refractivity contribution in [2.75, 3.05) is 19.6 Å². The number of carbonyl (C=O) groups excluding carboxylic acids is 2. The van der Waals surface area contributed by atoms with E-state index in [1.807, 2.05) is 6.92 Å². The number of nitrogens with zero attached hydrogens (tertiary/aromatic N) is 1. The number of alkyl halides is 3. The van der Waals surface area contributed by atoms with Gasteiger partial charge in [-0.05, 0) is 6.42 Å². The molecule has 6 nitrogen and oxygen atoms in total. The number of amides is 2. The van der Waals surface area contributed by atoms with Crippen LogP contribution in [0.5, 0.6) is 0 Å². The van der Waals surface area contributed by atoms with Gasteiger partial charge in [-0.25, -0.2) is 0 Å². The molecule has 2 amide bonds. The first-order chi connectivity index (χ1) is 10.1. The molecule has 1 heterocycles. The molecule has 0 aromatic rings. The first-order valence-electron chi connectivity index (χ1n) is 6.99. The molecule has 0 bridgehead atoms. The monoisotopic (exact) mass is 324 g/mol. The first-order valence-corrected chi connectivity index (χ1v) is 6.99. The summed E-state index contributed by atoms with van der Waals surface area (Å²) in [6.07, 6.45) is -3.77. The number of carboxylic acids is 1. The van der Waals surface area contributed by atoms with Gasteiger partial charge in [0.2, 0.25) is 11.8 Å². The van der Waals surface area contributed by atoms with Gasteiger partial charge in [0.1, 0.15) is 6.54 Å². The number of carbonyl (C=O) groups is 3. The van der Waals surface area contributed by atoms with Crippen molar-refractivity contribution >= 4 is 17.8 Å². The standard InChI is InChI=1S/C13H19F3N2O4/c1-2-3-8(12(21)22)5-17-11(20)9-4-10(19)18(6-9)7-13(14,15)16/h8-9H,2-7H2,1H3,(H,17,20)(H,21,22). The number of likely N-dealkylation sites (tertiary alicyclic amines) is 1. The predicted molar refractivity (Wildman–Crippen MR) is 69.8 cm³/mol. The number of halogens is 3. The van der Waals surface area contributed by atoms with Crippen LogP contribution in [0.2, 0.25) is 0 Å². The van der Waals surface area contributed by atoms with Gasteiger partial charge >= 0.3 is 12.1 Å². The molecule has 0 aromatic carbocycles. The average Bonchev–Trinajstić information content (AvgIpc) is 2.73. The summed E-state index contributed by atoms with van der Waals surface area (Å²) in [5.74, 6) is -3.95. The van der Waals surface area contributed by atoms with E-state index in [1.54, 1.807) is 0 Å². The van der Waals surface area contributed by atoms with Crippen molar-refractivity contribution in [2.24, 2.45) is 11.8 Å². The Morgan fingerprint density at radius 3 is 2.59 bits per heavy atom. The second kappa shape index (κ2) is 7.46. The summed E-state index contributed by atoms with van der Waals surface area (Å²) in [6, 6.07) is 0. The Hall–Kier alpha value is -1.80. The molecule has 1 rings (SSSR count). The lowest BCUT2D eigenvalue weighted by atomic mass is 10.0. The van der Waals surface area contributed by atoms with Crippen molar-refractivity contribution in [1.82, 2.24) is 10.2 Å². The van der Waals surface area contributed by atoms with Gasteiger partial charge in [0.15, 0.2) is 0 Å². The van der Waals surface area contributed by atoms with Crippen LogP contribution in [-0.4, -0.2) is 53.6 Å². The maximum atomic E-state index is 12.3. The average molecular weight is 324 g/mol. The molecule has 1 aliphatic heterocycles. The van der Waals surface area contributed by atoms with Crippen LogP contribution in [0.1, 0.15) is 26.2 Å². The Balaban J connectivity index is 2.50. The third-order valence-electron chi connectivity index (χ3n) is 3.46. The fourth-order valence-corrected chi connectivity index (χ4v) is 2.35. The number of hydrogen-bond acceptors (Lipinski definition) is 3. The molecule has 1 saturated heterocycles. The van der Waals surface area contributed by atoms with Crippen LogP contribution in [-0.2, 0) is 14.4 Å². The summed E-state index contributed by atoms with van der Waals surface area (Å²) in [5.41, 5.74) is 0. The molecule has 2 N–H and O–H groups in total. The van der Waals surface area contributed by atoms with Gasteiger partial charge in [0.05, 0.1) is 11.8 Å². The van der Waals surface area contributed by atoms with Crippen molar-refractivity contribution < 1.29 is 32.7 Å². The summed E-state index contributed by atoms with van der Waals surface area (Å²) >= 11 is 0. The quantitative estimate of drug-likeness (QED) is 0.732. The van der Waals surface area contributed by atoms with E-state index in [-0.39, 0.29) is 19.5 Å². The Morgan fingerprint density at radius 2 is 2.09 bits per heavy atom. The lowest BCUT2D eigenvalue weighted by Gasteiger charge is -2.18. The van der Waals surface area contributed by atoms with Crippen LogP contribution in [0.4, 0.5) is 13.2 Å². The summed E-state index contributed by atoms with van der Waals surface area (Å²) in [5, 5.41) is 11.4. The number of rotatable bonds is 7. The molecule has 0 aromatic heterocycles. The molecule has 22 heavy (non-hydrogen) atoms. The van der Waals surface area contributed by atoms with Crippen molar-refractivity contribution in [3.8, 4) is 0 Å². The van der Waals surface area contributed by atoms with Crippen molar-refractivity contribution in [3.05, 3.63) is 0 Å². The molecule has 9 heteroatoms. The highest BCUT2D eigenvalue weighted by Crippen LogP contribution is 2.24. The predicted octanol–water partition coefficient (Wildman–Crippen LogP) is 1.01. The van der Waals surface area contributed by atoms with Gasteiger partial charge in [-0.3, -0.25) is 14.4 Å². The van der Waals surface area contributed by atoms with Crippen LogP contribution in [0.25, 0.3) is 0 Å². The maximum absolute atomic E-state index is 12.3. The Bertz CT molecular complexity index is 439. The highest BCUT2D eigenvalue weighted by molar-refractivity contribution is 5.89. The van der Waals surface area contributed by atoms with Gasteiger partial charge in [0.25, 0.3) is 0 Å². The van der Waals surface area contributed by atoms with Crippen LogP contribution in [0.15, 0.2) is 0 Å². The first kappa shape index (κ1) is 18.2. The molecule has 1 fully saturated rings. The molecule has 0 saturated carbocycles. The molecule has 2 atom stereocenters. The van der Waals surface area contributed by atoms with Crippen molar-refractivity contribution in [2.45, 2.75) is 32.4 Å². The lowest BCUT2D eigenvalue weighted by molar-refractivity contribution is -0.157. The van der Waals surface area contributed by atoms with E-state index in [0.717, 1.165) is 0 Å². The molecular weight excluding hydrogens is 305 g/mol. The van der Waals surface area contributed by atoms with Crippen LogP contribution < -0.4 is 5.32 Å². The zero-order valence-corrected chi connectivity index (χ0v) is 12.2. The third-order valence-corrected chi connectivity index (χ3v) is 3.46. The van der Waals surface area contributed by atoms with E-state index in [2.05, 4.69) is 5.32 Å². The van der Waals surface area contributed by atoms with Gasteiger partial charge < -0.3 is 15.3 Å². The Morgan fingerprint density at radius 1 is 1.45 bits per heavy atom. The Labute approximate surface area is 125 Å². The minimum atomic E-state index is -4.50. The fourth-order valence-electron chi connectivity index (χ4n) is 2.35. The van der Waals surface area contributed by atoms with E-state index in [9.17, 15) is 27.6 Å². The number of carboxylic acid groups (broad SMARTS) is 1. The lowest BCUT2D eigenvalue weighted by Crippen LogP contribution is -2.39. The zero-order chi connectivity index (χ0) is 16.9. The van der Waals surface area contributed by atoms with Crippen LogP contribution >= 0.6 is 0 Å². The van der Waals surface area contributed by atoms with E-state index < -0.39 is 42.3 Å². The summed E-state index contributed by atoms with van der Waals surface area (Å²) in [7, 11) is 0. The van der Waals surface area contributed by atoms with E-state index in [4.69, 9.17) is 5.11 Å². The molecule has 126 valence electrons. The number of hydrogen-bond donors (Lipinski definition) is 2. The van der Waals surface area contributed by atoms with Crippen LogP contribution in [0, 0.1) is 11.8 Å². The molecule has 2 unspecified atom stereocenters.